The molecule has 0 aliphatic rings. The van der Waals surface area contributed by atoms with Crippen molar-refractivity contribution < 1.29 is 23.6 Å². The van der Waals surface area contributed by atoms with E-state index in [1.165, 1.54) is 12.1 Å². The molecule has 0 fully saturated rings. The number of aromatic nitrogens is 2. The van der Waals surface area contributed by atoms with E-state index in [4.69, 9.17) is 9.52 Å². The van der Waals surface area contributed by atoms with E-state index in [-0.39, 0.29) is 18.8 Å². The molecule has 0 saturated heterocycles. The van der Waals surface area contributed by atoms with Gasteiger partial charge in [-0.05, 0) is 12.1 Å². The van der Waals surface area contributed by atoms with Crippen molar-refractivity contribution in [3.8, 4) is 0 Å². The van der Waals surface area contributed by atoms with Crippen LogP contribution >= 0.6 is 0 Å². The number of carboxylic acid groups (broad SMARTS) is 1. The van der Waals surface area contributed by atoms with Gasteiger partial charge in [0.15, 0.2) is 5.82 Å². The Balaban J connectivity index is 1.75. The van der Waals surface area contributed by atoms with Gasteiger partial charge in [0.25, 0.3) is 0 Å². The van der Waals surface area contributed by atoms with E-state index >= 15 is 0 Å². The van der Waals surface area contributed by atoms with Crippen LogP contribution in [-0.2, 0) is 13.1 Å². The highest BCUT2D eigenvalue weighted by atomic mass is 16.5. The second kappa shape index (κ2) is 5.67. The Morgan fingerprint density at radius 2 is 2.05 bits per heavy atom. The van der Waals surface area contributed by atoms with Crippen LogP contribution in [0, 0.1) is 0 Å². The molecule has 9 nitrogen and oxygen atoms in total. The summed E-state index contributed by atoms with van der Waals surface area (Å²) in [6.45, 7) is 0.201. The minimum absolute atomic E-state index is 0.0748. The molecule has 0 aliphatic heterocycles. The van der Waals surface area contributed by atoms with Gasteiger partial charge in [-0.15, -0.1) is 0 Å². The lowest BCUT2D eigenvalue weighted by Crippen LogP contribution is -2.34. The minimum atomic E-state index is -1.16. The molecule has 2 heterocycles. The summed E-state index contributed by atoms with van der Waals surface area (Å²) < 4.78 is 9.46. The Bertz CT molecular complexity index is 562. The van der Waals surface area contributed by atoms with Crippen molar-refractivity contribution in [2.75, 3.05) is 0 Å². The normalized spacial score (nSPS) is 10.1. The summed E-state index contributed by atoms with van der Waals surface area (Å²) in [5, 5.41) is 17.1. The molecular formula is C10H10N4O5. The van der Waals surface area contributed by atoms with Crippen LogP contribution in [-0.4, -0.2) is 27.2 Å². The molecule has 9 heteroatoms. The van der Waals surface area contributed by atoms with Crippen molar-refractivity contribution in [2.45, 2.75) is 13.1 Å². The highest BCUT2D eigenvalue weighted by Gasteiger charge is 2.09. The monoisotopic (exact) mass is 266 g/mol. The average Bonchev–Trinajstić information content (AvgIpc) is 3.05. The van der Waals surface area contributed by atoms with Crippen LogP contribution in [0.4, 0.5) is 4.79 Å². The fourth-order valence-corrected chi connectivity index (χ4v) is 1.25. The Morgan fingerprint density at radius 3 is 2.68 bits per heavy atom. The van der Waals surface area contributed by atoms with Gasteiger partial charge >= 0.3 is 12.0 Å². The maximum atomic E-state index is 11.4. The lowest BCUT2D eigenvalue weighted by molar-refractivity contribution is 0.0660. The Morgan fingerprint density at radius 1 is 1.26 bits per heavy atom. The summed E-state index contributed by atoms with van der Waals surface area (Å²) in [6, 6.07) is 2.33. The number of furan rings is 1. The number of carbonyl (C=O) groups excluding carboxylic acids is 1. The zero-order valence-corrected chi connectivity index (χ0v) is 9.62. The smallest absolute Gasteiger partial charge is 0.371 e. The minimum Gasteiger partial charge on any atom is -0.475 e. The Labute approximate surface area is 106 Å². The quantitative estimate of drug-likeness (QED) is 0.712. The first-order valence-electron chi connectivity index (χ1n) is 5.24. The number of carbonyl (C=O) groups is 2. The SMILES string of the molecule is O=C(NCc1ncon1)NCc1ccc(C(=O)O)o1. The molecule has 3 N–H and O–H groups in total. The van der Waals surface area contributed by atoms with Crippen molar-refractivity contribution >= 4 is 12.0 Å². The highest BCUT2D eigenvalue weighted by molar-refractivity contribution is 5.84. The van der Waals surface area contributed by atoms with E-state index in [1.54, 1.807) is 0 Å². The first-order valence-corrected chi connectivity index (χ1v) is 5.24. The fraction of sp³-hybridized carbons (Fsp3) is 0.200. The number of carboxylic acids is 1. The van der Waals surface area contributed by atoms with Gasteiger partial charge < -0.3 is 24.7 Å². The van der Waals surface area contributed by atoms with Gasteiger partial charge in [0, 0.05) is 0 Å². The summed E-state index contributed by atoms with van der Waals surface area (Å²) in [7, 11) is 0. The van der Waals surface area contributed by atoms with E-state index in [0.717, 1.165) is 6.39 Å². The van der Waals surface area contributed by atoms with Crippen molar-refractivity contribution in [1.29, 1.82) is 0 Å². The highest BCUT2D eigenvalue weighted by Crippen LogP contribution is 2.07. The molecule has 0 atom stereocenters. The predicted molar refractivity (Wildman–Crippen MR) is 59.0 cm³/mol. The lowest BCUT2D eigenvalue weighted by atomic mass is 10.4. The molecule has 0 saturated carbocycles. The summed E-state index contributed by atoms with van der Waals surface area (Å²) in [4.78, 5) is 25.7. The molecule has 2 aromatic rings. The number of hydrogen-bond donors (Lipinski definition) is 3. The number of nitrogens with zero attached hydrogens (tertiary/aromatic N) is 2. The van der Waals surface area contributed by atoms with Crippen LogP contribution in [0.5, 0.6) is 0 Å². The van der Waals surface area contributed by atoms with Crippen LogP contribution in [0.15, 0.2) is 27.5 Å². The van der Waals surface area contributed by atoms with Gasteiger partial charge in [-0.25, -0.2) is 9.59 Å². The standard InChI is InChI=1S/C10H10N4O5/c15-9(16)7-2-1-6(19-7)3-11-10(17)12-4-8-13-5-18-14-8/h1-2,5H,3-4H2,(H,15,16)(H2,11,12,17). The fourth-order valence-electron chi connectivity index (χ4n) is 1.25. The second-order valence-corrected chi connectivity index (χ2v) is 3.45. The molecule has 0 aromatic carbocycles. The molecule has 0 aliphatic carbocycles. The largest absolute Gasteiger partial charge is 0.475 e. The lowest BCUT2D eigenvalue weighted by Gasteiger charge is -2.03. The third kappa shape index (κ3) is 3.56. The van der Waals surface area contributed by atoms with E-state index in [2.05, 4.69) is 25.3 Å². The third-order valence-corrected chi connectivity index (χ3v) is 2.11. The number of amides is 2. The van der Waals surface area contributed by atoms with Crippen LogP contribution in [0.25, 0.3) is 0 Å². The number of aromatic carboxylic acids is 1. The summed E-state index contributed by atoms with van der Waals surface area (Å²) in [6.07, 6.45) is 1.16. The predicted octanol–water partition coefficient (Wildman–Crippen LogP) is 0.360. The first kappa shape index (κ1) is 12.6. The number of rotatable bonds is 5. The molecule has 0 radical (unpaired) electrons. The van der Waals surface area contributed by atoms with Crippen molar-refractivity contribution in [3.05, 3.63) is 35.9 Å². The van der Waals surface area contributed by atoms with Gasteiger partial charge in [0.05, 0.1) is 13.1 Å². The average molecular weight is 266 g/mol. The number of urea groups is 1. The maximum absolute atomic E-state index is 11.4. The van der Waals surface area contributed by atoms with Crippen LogP contribution in [0.1, 0.15) is 22.1 Å². The summed E-state index contributed by atoms with van der Waals surface area (Å²) >= 11 is 0. The van der Waals surface area contributed by atoms with Gasteiger partial charge in [0.2, 0.25) is 12.2 Å². The number of nitrogens with one attached hydrogen (secondary N) is 2. The van der Waals surface area contributed by atoms with Gasteiger partial charge in [-0.3, -0.25) is 0 Å². The molecule has 2 rings (SSSR count). The summed E-state index contributed by atoms with van der Waals surface area (Å²) in [5.41, 5.74) is 0. The number of hydrogen-bond acceptors (Lipinski definition) is 6. The zero-order chi connectivity index (χ0) is 13.7. The van der Waals surface area contributed by atoms with E-state index in [0.29, 0.717) is 11.6 Å². The maximum Gasteiger partial charge on any atom is 0.371 e. The van der Waals surface area contributed by atoms with Gasteiger partial charge in [-0.1, -0.05) is 5.16 Å². The molecule has 2 aromatic heterocycles. The Hall–Kier alpha value is -2.84. The summed E-state index contributed by atoms with van der Waals surface area (Å²) in [5.74, 6) is -0.648. The Kier molecular flexibility index (Phi) is 3.76. The van der Waals surface area contributed by atoms with Crippen LogP contribution in [0.3, 0.4) is 0 Å². The molecular weight excluding hydrogens is 256 g/mol. The van der Waals surface area contributed by atoms with Gasteiger partial charge in [0.1, 0.15) is 5.76 Å². The van der Waals surface area contributed by atoms with Crippen LogP contribution < -0.4 is 10.6 Å². The molecule has 0 unspecified atom stereocenters. The zero-order valence-electron chi connectivity index (χ0n) is 9.62. The molecule has 100 valence electrons. The first-order chi connectivity index (χ1) is 9.15. The molecule has 2 amide bonds. The molecule has 0 spiro atoms. The van der Waals surface area contributed by atoms with Crippen LogP contribution in [0.2, 0.25) is 0 Å². The molecule has 0 bridgehead atoms. The van der Waals surface area contributed by atoms with E-state index < -0.39 is 12.0 Å². The van der Waals surface area contributed by atoms with Crippen molar-refractivity contribution in [2.24, 2.45) is 0 Å². The van der Waals surface area contributed by atoms with Crippen molar-refractivity contribution in [3.63, 3.8) is 0 Å². The van der Waals surface area contributed by atoms with Crippen molar-refractivity contribution in [1.82, 2.24) is 20.8 Å². The topological polar surface area (TPSA) is 130 Å². The van der Waals surface area contributed by atoms with Gasteiger partial charge in [-0.2, -0.15) is 4.98 Å². The van der Waals surface area contributed by atoms with E-state index in [9.17, 15) is 9.59 Å². The third-order valence-electron chi connectivity index (χ3n) is 2.11. The molecule has 19 heavy (non-hydrogen) atoms. The van der Waals surface area contributed by atoms with E-state index in [1.807, 2.05) is 0 Å². The second-order valence-electron chi connectivity index (χ2n) is 3.45.